The topological polar surface area (TPSA) is 86.4 Å². The van der Waals surface area contributed by atoms with Gasteiger partial charge in [0.2, 0.25) is 0 Å². The second-order valence-electron chi connectivity index (χ2n) is 3.98. The van der Waals surface area contributed by atoms with E-state index in [2.05, 4.69) is 10.1 Å². The van der Waals surface area contributed by atoms with Gasteiger partial charge in [-0.25, -0.2) is 0 Å². The van der Waals surface area contributed by atoms with Gasteiger partial charge < -0.3 is 10.2 Å². The summed E-state index contributed by atoms with van der Waals surface area (Å²) in [6.45, 7) is 1.63. The van der Waals surface area contributed by atoms with Gasteiger partial charge >= 0.3 is 5.84 Å². The summed E-state index contributed by atoms with van der Waals surface area (Å²) in [5.41, 5.74) is 6.13. The summed E-state index contributed by atoms with van der Waals surface area (Å²) >= 11 is 6.08. The van der Waals surface area contributed by atoms with Crippen molar-refractivity contribution < 1.29 is 9.21 Å². The maximum Gasteiger partial charge on any atom is 0.325 e. The lowest BCUT2D eigenvalue weighted by atomic mass is 10.2. The standard InChI is InChI=1S/C12H9ClN4O2/c1-6-9(10(14)18)17-12(19-6)15-11(16-17)7-4-2-3-5-8(7)13/h2-5H,1H3,(H2,14,18). The number of hydrogen-bond acceptors (Lipinski definition) is 4. The van der Waals surface area contributed by atoms with Crippen LogP contribution in [0.4, 0.5) is 0 Å². The molecule has 96 valence electrons. The zero-order valence-corrected chi connectivity index (χ0v) is 10.7. The maximum absolute atomic E-state index is 11.4. The number of hydrogen-bond donors (Lipinski definition) is 1. The fourth-order valence-corrected chi connectivity index (χ4v) is 2.10. The van der Waals surface area contributed by atoms with Crippen LogP contribution in [0.25, 0.3) is 17.2 Å². The number of aromatic nitrogens is 3. The van der Waals surface area contributed by atoms with Crippen molar-refractivity contribution in [3.63, 3.8) is 0 Å². The molecule has 1 amide bonds. The highest BCUT2D eigenvalue weighted by atomic mass is 35.5. The van der Waals surface area contributed by atoms with Crippen LogP contribution >= 0.6 is 11.6 Å². The first-order valence-electron chi connectivity index (χ1n) is 5.49. The van der Waals surface area contributed by atoms with Gasteiger partial charge in [0.25, 0.3) is 5.91 Å². The number of rotatable bonds is 2. The third-order valence-corrected chi connectivity index (χ3v) is 3.04. The first-order chi connectivity index (χ1) is 9.08. The third-order valence-electron chi connectivity index (χ3n) is 2.72. The van der Waals surface area contributed by atoms with Crippen LogP contribution in [-0.2, 0) is 0 Å². The molecule has 0 radical (unpaired) electrons. The smallest absolute Gasteiger partial charge is 0.325 e. The Morgan fingerprint density at radius 1 is 1.42 bits per heavy atom. The van der Waals surface area contributed by atoms with E-state index in [4.69, 9.17) is 21.8 Å². The molecule has 3 aromatic rings. The molecular weight excluding hydrogens is 268 g/mol. The van der Waals surface area contributed by atoms with E-state index >= 15 is 0 Å². The first kappa shape index (κ1) is 11.7. The number of primary amides is 1. The number of halogens is 1. The highest BCUT2D eigenvalue weighted by molar-refractivity contribution is 6.33. The molecule has 6 nitrogen and oxygen atoms in total. The molecule has 19 heavy (non-hydrogen) atoms. The number of carbonyl (C=O) groups is 1. The van der Waals surface area contributed by atoms with Crippen molar-refractivity contribution in [1.29, 1.82) is 0 Å². The minimum atomic E-state index is -0.619. The number of fused-ring (bicyclic) bond motifs is 1. The van der Waals surface area contributed by atoms with Gasteiger partial charge in [-0.15, -0.1) is 5.10 Å². The number of benzene rings is 1. The van der Waals surface area contributed by atoms with Crippen molar-refractivity contribution in [2.75, 3.05) is 0 Å². The van der Waals surface area contributed by atoms with E-state index in [0.717, 1.165) is 0 Å². The Kier molecular flexibility index (Phi) is 2.53. The average molecular weight is 277 g/mol. The molecular formula is C12H9ClN4O2. The number of carbonyl (C=O) groups excluding carboxylic acids is 1. The molecule has 0 aliphatic heterocycles. The number of amides is 1. The van der Waals surface area contributed by atoms with Crippen LogP contribution in [0.15, 0.2) is 28.7 Å². The predicted octanol–water partition coefficient (Wildman–Crippen LogP) is 2.05. The van der Waals surface area contributed by atoms with E-state index in [0.29, 0.717) is 22.2 Å². The molecule has 0 saturated carbocycles. The first-order valence-corrected chi connectivity index (χ1v) is 5.86. The zero-order valence-electron chi connectivity index (χ0n) is 9.92. The SMILES string of the molecule is Cc1oc2nc(-c3ccccc3Cl)nn2c1C(N)=O. The van der Waals surface area contributed by atoms with Crippen LogP contribution in [0.3, 0.4) is 0 Å². The Bertz CT molecular complexity index is 790. The molecule has 2 N–H and O–H groups in total. The van der Waals surface area contributed by atoms with E-state index in [1.807, 2.05) is 12.1 Å². The van der Waals surface area contributed by atoms with Crippen molar-refractivity contribution in [3.8, 4) is 11.4 Å². The minimum absolute atomic E-state index is 0.181. The van der Waals surface area contributed by atoms with Gasteiger partial charge in [0.1, 0.15) is 5.76 Å². The molecule has 2 heterocycles. The number of oxazole rings is 1. The van der Waals surface area contributed by atoms with Gasteiger partial charge in [-0.2, -0.15) is 9.50 Å². The number of nitrogens with zero attached hydrogens (tertiary/aromatic N) is 3. The van der Waals surface area contributed by atoms with Crippen LogP contribution in [0, 0.1) is 6.92 Å². The zero-order chi connectivity index (χ0) is 13.6. The monoisotopic (exact) mass is 276 g/mol. The lowest BCUT2D eigenvalue weighted by molar-refractivity contribution is 0.0992. The quantitative estimate of drug-likeness (QED) is 0.776. The summed E-state index contributed by atoms with van der Waals surface area (Å²) in [5, 5.41) is 4.73. The van der Waals surface area contributed by atoms with Crippen molar-refractivity contribution in [1.82, 2.24) is 14.6 Å². The average Bonchev–Trinajstić information content (AvgIpc) is 2.85. The maximum atomic E-state index is 11.4. The summed E-state index contributed by atoms with van der Waals surface area (Å²) in [7, 11) is 0. The van der Waals surface area contributed by atoms with Crippen molar-refractivity contribution in [3.05, 3.63) is 40.7 Å². The fraction of sp³-hybridized carbons (Fsp3) is 0.0833. The van der Waals surface area contributed by atoms with Gasteiger partial charge in [-0.3, -0.25) is 4.79 Å². The molecule has 0 saturated heterocycles. The fourth-order valence-electron chi connectivity index (χ4n) is 1.88. The highest BCUT2D eigenvalue weighted by Gasteiger charge is 2.20. The van der Waals surface area contributed by atoms with Crippen LogP contribution in [0.1, 0.15) is 16.2 Å². The molecule has 0 aliphatic rings. The Balaban J connectivity index is 2.24. The van der Waals surface area contributed by atoms with E-state index in [9.17, 15) is 4.79 Å². The van der Waals surface area contributed by atoms with Gasteiger partial charge in [0, 0.05) is 5.56 Å². The molecule has 3 rings (SSSR count). The molecule has 1 aromatic carbocycles. The van der Waals surface area contributed by atoms with Crippen LogP contribution < -0.4 is 5.73 Å². The summed E-state index contributed by atoms with van der Waals surface area (Å²) in [5.74, 6) is 0.355. The Morgan fingerprint density at radius 2 is 2.16 bits per heavy atom. The van der Waals surface area contributed by atoms with E-state index in [1.165, 1.54) is 4.52 Å². The summed E-state index contributed by atoms with van der Waals surface area (Å²) in [6.07, 6.45) is 0. The van der Waals surface area contributed by atoms with Crippen LogP contribution in [0.2, 0.25) is 5.02 Å². The Labute approximate surface area is 112 Å². The number of aryl methyl sites for hydroxylation is 1. The number of nitrogens with two attached hydrogens (primary N) is 1. The molecule has 0 bridgehead atoms. The third kappa shape index (κ3) is 1.77. The van der Waals surface area contributed by atoms with E-state index < -0.39 is 5.91 Å². The van der Waals surface area contributed by atoms with Crippen molar-refractivity contribution in [2.24, 2.45) is 5.73 Å². The molecule has 0 spiro atoms. The molecule has 0 fully saturated rings. The second kappa shape index (κ2) is 4.10. The molecule has 7 heteroatoms. The lowest BCUT2D eigenvalue weighted by Gasteiger charge is -1.97. The normalized spacial score (nSPS) is 11.1. The highest BCUT2D eigenvalue weighted by Crippen LogP contribution is 2.26. The molecule has 0 atom stereocenters. The van der Waals surface area contributed by atoms with Crippen molar-refractivity contribution in [2.45, 2.75) is 6.92 Å². The van der Waals surface area contributed by atoms with Gasteiger partial charge in [-0.05, 0) is 19.1 Å². The van der Waals surface area contributed by atoms with Gasteiger partial charge in [-0.1, -0.05) is 23.7 Å². The Hall–Kier alpha value is -2.34. The van der Waals surface area contributed by atoms with E-state index in [-0.39, 0.29) is 11.5 Å². The predicted molar refractivity (Wildman–Crippen MR) is 69.0 cm³/mol. The van der Waals surface area contributed by atoms with E-state index in [1.54, 1.807) is 19.1 Å². The summed E-state index contributed by atoms with van der Waals surface area (Å²) in [4.78, 5) is 15.6. The molecule has 2 aromatic heterocycles. The van der Waals surface area contributed by atoms with Gasteiger partial charge in [0.05, 0.1) is 5.02 Å². The summed E-state index contributed by atoms with van der Waals surface area (Å²) < 4.78 is 6.64. The Morgan fingerprint density at radius 3 is 2.84 bits per heavy atom. The lowest BCUT2D eigenvalue weighted by Crippen LogP contribution is -2.15. The molecule has 0 aliphatic carbocycles. The molecule has 0 unspecified atom stereocenters. The minimum Gasteiger partial charge on any atom is -0.427 e. The van der Waals surface area contributed by atoms with Crippen LogP contribution in [0.5, 0.6) is 0 Å². The van der Waals surface area contributed by atoms with Gasteiger partial charge in [0.15, 0.2) is 11.5 Å². The second-order valence-corrected chi connectivity index (χ2v) is 4.39. The largest absolute Gasteiger partial charge is 0.427 e. The van der Waals surface area contributed by atoms with Crippen LogP contribution in [-0.4, -0.2) is 20.5 Å². The van der Waals surface area contributed by atoms with Crippen molar-refractivity contribution >= 4 is 23.4 Å². The summed E-state index contributed by atoms with van der Waals surface area (Å²) in [6, 6.07) is 7.16.